The van der Waals surface area contributed by atoms with Crippen LogP contribution in [-0.4, -0.2) is 17.5 Å². The average Bonchev–Trinajstić information content (AvgIpc) is 2.96. The lowest BCUT2D eigenvalue weighted by Crippen LogP contribution is -2.20. The Bertz CT molecular complexity index is 972. The van der Waals surface area contributed by atoms with Gasteiger partial charge in [-0.2, -0.15) is 0 Å². The maximum atomic E-state index is 12.2. The summed E-state index contributed by atoms with van der Waals surface area (Å²) in [6.07, 6.45) is 0.677. The Kier molecular flexibility index (Phi) is 6.37. The highest BCUT2D eigenvalue weighted by Crippen LogP contribution is 2.28. The molecule has 7 heteroatoms. The minimum atomic E-state index is -0.243. The lowest BCUT2D eigenvalue weighted by molar-refractivity contribution is -0.118. The number of para-hydroxylation sites is 1. The zero-order valence-corrected chi connectivity index (χ0v) is 17.2. The number of hydrogen-bond donors (Lipinski definition) is 1. The molecule has 0 saturated carbocycles. The molecule has 1 aromatic heterocycles. The van der Waals surface area contributed by atoms with Crippen LogP contribution in [0.3, 0.4) is 0 Å². The van der Waals surface area contributed by atoms with Gasteiger partial charge in [0, 0.05) is 11.3 Å². The largest absolute Gasteiger partial charge is 0.483 e. The molecule has 1 N–H and O–H groups in total. The first-order valence-corrected chi connectivity index (χ1v) is 9.88. The lowest BCUT2D eigenvalue weighted by Gasteiger charge is -2.08. The van der Waals surface area contributed by atoms with E-state index in [1.807, 2.05) is 50.2 Å². The maximum absolute atomic E-state index is 12.2. The Morgan fingerprint density at radius 1 is 1.15 bits per heavy atom. The number of nitrogens with zero attached hydrogens (tertiary/aromatic N) is 1. The number of aryl methyl sites for hydroxylation is 2. The SMILES string of the molecule is Cc1ccccc1OCC(=O)Nc1nc(C)c(Cc2ccc(Cl)c(Cl)c2)s1. The first-order chi connectivity index (χ1) is 12.9. The Balaban J connectivity index is 1.61. The van der Waals surface area contributed by atoms with Crippen molar-refractivity contribution in [2.45, 2.75) is 20.3 Å². The van der Waals surface area contributed by atoms with Gasteiger partial charge in [-0.25, -0.2) is 4.98 Å². The van der Waals surface area contributed by atoms with E-state index in [-0.39, 0.29) is 12.5 Å². The molecule has 0 fully saturated rings. The number of benzene rings is 2. The number of anilines is 1. The molecule has 3 rings (SSSR count). The third-order valence-electron chi connectivity index (χ3n) is 3.94. The van der Waals surface area contributed by atoms with Crippen LogP contribution in [0.5, 0.6) is 5.75 Å². The highest BCUT2D eigenvalue weighted by atomic mass is 35.5. The van der Waals surface area contributed by atoms with E-state index in [0.717, 1.165) is 21.7 Å². The van der Waals surface area contributed by atoms with E-state index in [1.165, 1.54) is 11.3 Å². The number of thiazole rings is 1. The molecular formula is C20H18Cl2N2O2S. The summed E-state index contributed by atoms with van der Waals surface area (Å²) in [6, 6.07) is 13.1. The third kappa shape index (κ3) is 5.22. The van der Waals surface area contributed by atoms with Gasteiger partial charge in [0.15, 0.2) is 11.7 Å². The lowest BCUT2D eigenvalue weighted by atomic mass is 10.1. The van der Waals surface area contributed by atoms with Crippen LogP contribution in [0.25, 0.3) is 0 Å². The number of hydrogen-bond acceptors (Lipinski definition) is 4. The highest BCUT2D eigenvalue weighted by molar-refractivity contribution is 7.15. The topological polar surface area (TPSA) is 51.2 Å². The zero-order valence-electron chi connectivity index (χ0n) is 14.9. The number of amides is 1. The summed E-state index contributed by atoms with van der Waals surface area (Å²) in [5.74, 6) is 0.455. The van der Waals surface area contributed by atoms with Gasteiger partial charge in [-0.3, -0.25) is 10.1 Å². The van der Waals surface area contributed by atoms with E-state index >= 15 is 0 Å². The average molecular weight is 421 g/mol. The fourth-order valence-electron chi connectivity index (χ4n) is 2.50. The van der Waals surface area contributed by atoms with Gasteiger partial charge in [0.05, 0.1) is 15.7 Å². The van der Waals surface area contributed by atoms with Crippen molar-refractivity contribution in [2.24, 2.45) is 0 Å². The Hall–Kier alpha value is -2.08. The molecular weight excluding hydrogens is 403 g/mol. The molecule has 0 unspecified atom stereocenters. The minimum Gasteiger partial charge on any atom is -0.483 e. The second-order valence-electron chi connectivity index (χ2n) is 6.06. The quantitative estimate of drug-likeness (QED) is 0.558. The molecule has 3 aromatic rings. The molecule has 1 heterocycles. The Morgan fingerprint density at radius 2 is 1.93 bits per heavy atom. The second kappa shape index (κ2) is 8.74. The van der Waals surface area contributed by atoms with E-state index in [2.05, 4.69) is 10.3 Å². The van der Waals surface area contributed by atoms with Gasteiger partial charge in [-0.15, -0.1) is 11.3 Å². The zero-order chi connectivity index (χ0) is 19.4. The predicted molar refractivity (Wildman–Crippen MR) is 111 cm³/mol. The Morgan fingerprint density at radius 3 is 2.67 bits per heavy atom. The standard InChI is InChI=1S/C20H18Cl2N2O2S/c1-12-5-3-4-6-17(12)26-11-19(25)24-20-23-13(2)18(27-20)10-14-7-8-15(21)16(22)9-14/h3-9H,10-11H2,1-2H3,(H,23,24,25). The van der Waals surface area contributed by atoms with Crippen molar-refractivity contribution < 1.29 is 9.53 Å². The summed E-state index contributed by atoms with van der Waals surface area (Å²) in [6.45, 7) is 3.79. The first-order valence-electron chi connectivity index (χ1n) is 8.31. The molecule has 0 atom stereocenters. The van der Waals surface area contributed by atoms with E-state index in [0.29, 0.717) is 27.3 Å². The van der Waals surface area contributed by atoms with Crippen LogP contribution in [0.2, 0.25) is 10.0 Å². The molecule has 0 aliphatic heterocycles. The van der Waals surface area contributed by atoms with Gasteiger partial charge >= 0.3 is 0 Å². The molecule has 4 nitrogen and oxygen atoms in total. The summed E-state index contributed by atoms with van der Waals surface area (Å²) in [4.78, 5) is 17.6. The van der Waals surface area contributed by atoms with E-state index in [4.69, 9.17) is 27.9 Å². The van der Waals surface area contributed by atoms with E-state index in [1.54, 1.807) is 6.07 Å². The molecule has 140 valence electrons. The number of carbonyl (C=O) groups is 1. The fourth-order valence-corrected chi connectivity index (χ4v) is 3.83. The van der Waals surface area contributed by atoms with Crippen molar-refractivity contribution in [3.05, 3.63) is 74.2 Å². The summed E-state index contributed by atoms with van der Waals surface area (Å²) < 4.78 is 5.57. The highest BCUT2D eigenvalue weighted by Gasteiger charge is 2.12. The smallest absolute Gasteiger partial charge is 0.264 e. The molecule has 27 heavy (non-hydrogen) atoms. The van der Waals surface area contributed by atoms with Crippen molar-refractivity contribution >= 4 is 45.6 Å². The molecule has 0 saturated heterocycles. The van der Waals surface area contributed by atoms with E-state index in [9.17, 15) is 4.79 Å². The van der Waals surface area contributed by atoms with Crippen molar-refractivity contribution in [2.75, 3.05) is 11.9 Å². The first kappa shape index (κ1) is 19.7. The molecule has 1 amide bonds. The summed E-state index contributed by atoms with van der Waals surface area (Å²) in [5.41, 5.74) is 2.90. The van der Waals surface area contributed by atoms with Crippen molar-refractivity contribution in [1.29, 1.82) is 0 Å². The summed E-state index contributed by atoms with van der Waals surface area (Å²) in [5, 5.41) is 4.41. The third-order valence-corrected chi connectivity index (χ3v) is 5.75. The maximum Gasteiger partial charge on any atom is 0.264 e. The minimum absolute atomic E-state index is 0.0639. The molecule has 0 aliphatic carbocycles. The molecule has 0 bridgehead atoms. The van der Waals surface area contributed by atoms with Crippen LogP contribution in [0.15, 0.2) is 42.5 Å². The molecule has 2 aromatic carbocycles. The monoisotopic (exact) mass is 420 g/mol. The van der Waals surface area contributed by atoms with Crippen LogP contribution in [0, 0.1) is 13.8 Å². The van der Waals surface area contributed by atoms with Gasteiger partial charge in [0.1, 0.15) is 5.75 Å². The number of aromatic nitrogens is 1. The van der Waals surface area contributed by atoms with Crippen molar-refractivity contribution in [1.82, 2.24) is 4.98 Å². The molecule has 0 spiro atoms. The number of ether oxygens (including phenoxy) is 1. The number of nitrogens with one attached hydrogen (secondary N) is 1. The van der Waals surface area contributed by atoms with E-state index < -0.39 is 0 Å². The molecule has 0 aliphatic rings. The van der Waals surface area contributed by atoms with Crippen molar-refractivity contribution in [3.63, 3.8) is 0 Å². The second-order valence-corrected chi connectivity index (χ2v) is 7.95. The van der Waals surface area contributed by atoms with Crippen LogP contribution >= 0.6 is 34.5 Å². The normalized spacial score (nSPS) is 10.7. The number of carbonyl (C=O) groups excluding carboxylic acids is 1. The Labute approximate surface area is 172 Å². The van der Waals surface area contributed by atoms with Gasteiger partial charge in [-0.05, 0) is 43.2 Å². The summed E-state index contributed by atoms with van der Waals surface area (Å²) >= 11 is 13.5. The van der Waals surface area contributed by atoms with Gasteiger partial charge in [0.25, 0.3) is 5.91 Å². The van der Waals surface area contributed by atoms with Gasteiger partial charge in [-0.1, -0.05) is 47.5 Å². The predicted octanol–water partition coefficient (Wildman–Crippen LogP) is 5.68. The molecule has 0 radical (unpaired) electrons. The van der Waals surface area contributed by atoms with Crippen LogP contribution < -0.4 is 10.1 Å². The number of rotatable bonds is 6. The van der Waals surface area contributed by atoms with Gasteiger partial charge in [0.2, 0.25) is 0 Å². The van der Waals surface area contributed by atoms with Crippen LogP contribution in [-0.2, 0) is 11.2 Å². The number of halogens is 2. The van der Waals surface area contributed by atoms with Gasteiger partial charge < -0.3 is 4.74 Å². The van der Waals surface area contributed by atoms with Crippen molar-refractivity contribution in [3.8, 4) is 5.75 Å². The summed E-state index contributed by atoms with van der Waals surface area (Å²) in [7, 11) is 0. The fraction of sp³-hybridized carbons (Fsp3) is 0.200. The van der Waals surface area contributed by atoms with Crippen LogP contribution in [0.1, 0.15) is 21.7 Å². The van der Waals surface area contributed by atoms with Crippen LogP contribution in [0.4, 0.5) is 5.13 Å².